The minimum atomic E-state index is -0.966. The molecular weight excluding hydrogens is 320 g/mol. The van der Waals surface area contributed by atoms with Crippen LogP contribution in [0.25, 0.3) is 0 Å². The molecule has 0 aromatic carbocycles. The molecule has 0 radical (unpaired) electrons. The second-order valence-corrected chi connectivity index (χ2v) is 7.97. The SMILES string of the molecule is CC(C)=CCC(CC(C)(C=O)CCC(C)C)C1C(=O)NC(=O)NC1=O. The first-order valence-corrected chi connectivity index (χ1v) is 8.83. The predicted molar refractivity (Wildman–Crippen MR) is 95.6 cm³/mol. The molecule has 1 heterocycles. The number of imide groups is 2. The van der Waals surface area contributed by atoms with Crippen LogP contribution in [0, 0.1) is 23.2 Å². The lowest BCUT2D eigenvalue weighted by Gasteiger charge is -2.33. The normalized spacial score (nSPS) is 19.0. The summed E-state index contributed by atoms with van der Waals surface area (Å²) in [7, 11) is 0. The van der Waals surface area contributed by atoms with Crippen LogP contribution in [-0.4, -0.2) is 24.1 Å². The molecule has 6 nitrogen and oxygen atoms in total. The number of nitrogens with one attached hydrogen (secondary N) is 2. The Morgan fingerprint density at radius 1 is 1.16 bits per heavy atom. The highest BCUT2D eigenvalue weighted by molar-refractivity contribution is 6.16. The smallest absolute Gasteiger partial charge is 0.303 e. The molecule has 2 unspecified atom stereocenters. The molecule has 1 aliphatic rings. The molecule has 0 aromatic rings. The summed E-state index contributed by atoms with van der Waals surface area (Å²) in [6.07, 6.45) is 5.43. The van der Waals surface area contributed by atoms with Crippen LogP contribution >= 0.6 is 0 Å². The van der Waals surface area contributed by atoms with Crippen LogP contribution in [0.2, 0.25) is 0 Å². The van der Waals surface area contributed by atoms with Gasteiger partial charge in [0, 0.05) is 5.41 Å². The van der Waals surface area contributed by atoms with Crippen LogP contribution < -0.4 is 10.6 Å². The Balaban J connectivity index is 3.04. The monoisotopic (exact) mass is 350 g/mol. The van der Waals surface area contributed by atoms with E-state index in [4.69, 9.17) is 0 Å². The molecule has 2 N–H and O–H groups in total. The highest BCUT2D eigenvalue weighted by Crippen LogP contribution is 2.36. The summed E-state index contributed by atoms with van der Waals surface area (Å²) in [5, 5.41) is 4.33. The highest BCUT2D eigenvalue weighted by Gasteiger charge is 2.42. The molecule has 2 atom stereocenters. The minimum Gasteiger partial charge on any atom is -0.303 e. The fourth-order valence-corrected chi connectivity index (χ4v) is 3.11. The molecule has 6 heteroatoms. The van der Waals surface area contributed by atoms with Crippen molar-refractivity contribution in [3.63, 3.8) is 0 Å². The Hall–Kier alpha value is -1.98. The first-order valence-electron chi connectivity index (χ1n) is 8.83. The Bertz CT molecular complexity index is 544. The second kappa shape index (κ2) is 8.92. The third-order valence-electron chi connectivity index (χ3n) is 4.64. The number of aldehydes is 1. The van der Waals surface area contributed by atoms with Gasteiger partial charge in [-0.3, -0.25) is 20.2 Å². The van der Waals surface area contributed by atoms with Gasteiger partial charge in [-0.05, 0) is 44.9 Å². The number of rotatable bonds is 9. The summed E-state index contributed by atoms with van der Waals surface area (Å²) >= 11 is 0. The first-order chi connectivity index (χ1) is 11.6. The molecule has 1 rings (SSSR count). The van der Waals surface area contributed by atoms with Crippen molar-refractivity contribution in [2.24, 2.45) is 23.2 Å². The molecule has 0 bridgehead atoms. The van der Waals surface area contributed by atoms with Crippen LogP contribution in [0.5, 0.6) is 0 Å². The van der Waals surface area contributed by atoms with Crippen LogP contribution in [0.4, 0.5) is 4.79 Å². The first kappa shape index (κ1) is 21.1. The van der Waals surface area contributed by atoms with Crippen LogP contribution in [0.3, 0.4) is 0 Å². The minimum absolute atomic E-state index is 0.342. The molecule has 0 aliphatic carbocycles. The van der Waals surface area contributed by atoms with Gasteiger partial charge in [0.2, 0.25) is 11.8 Å². The van der Waals surface area contributed by atoms with Gasteiger partial charge >= 0.3 is 6.03 Å². The average molecular weight is 350 g/mol. The van der Waals surface area contributed by atoms with E-state index in [-0.39, 0.29) is 5.92 Å². The number of hydrogen-bond donors (Lipinski definition) is 2. The molecule has 1 saturated heterocycles. The van der Waals surface area contributed by atoms with E-state index in [0.717, 1.165) is 18.3 Å². The molecule has 1 fully saturated rings. The van der Waals surface area contributed by atoms with Crippen molar-refractivity contribution < 1.29 is 19.2 Å². The largest absolute Gasteiger partial charge is 0.328 e. The molecule has 0 spiro atoms. The van der Waals surface area contributed by atoms with Gasteiger partial charge in [-0.25, -0.2) is 4.79 Å². The number of carbonyl (C=O) groups is 4. The third-order valence-corrected chi connectivity index (χ3v) is 4.64. The molecule has 0 aromatic heterocycles. The van der Waals surface area contributed by atoms with E-state index in [1.807, 2.05) is 26.8 Å². The summed E-state index contributed by atoms with van der Waals surface area (Å²) in [6.45, 7) is 9.96. The van der Waals surface area contributed by atoms with Crippen molar-refractivity contribution in [1.82, 2.24) is 10.6 Å². The van der Waals surface area contributed by atoms with Gasteiger partial charge in [-0.1, -0.05) is 38.8 Å². The Labute approximate surface area is 149 Å². The summed E-state index contributed by atoms with van der Waals surface area (Å²) < 4.78 is 0. The van der Waals surface area contributed by atoms with Gasteiger partial charge in [0.1, 0.15) is 12.2 Å². The van der Waals surface area contributed by atoms with E-state index in [1.165, 1.54) is 0 Å². The van der Waals surface area contributed by atoms with Gasteiger partial charge in [-0.2, -0.15) is 0 Å². The van der Waals surface area contributed by atoms with E-state index in [2.05, 4.69) is 24.5 Å². The van der Waals surface area contributed by atoms with Crippen LogP contribution in [0.1, 0.15) is 60.3 Å². The van der Waals surface area contributed by atoms with Gasteiger partial charge in [0.05, 0.1) is 0 Å². The van der Waals surface area contributed by atoms with Gasteiger partial charge in [0.15, 0.2) is 0 Å². The topological polar surface area (TPSA) is 92.3 Å². The van der Waals surface area contributed by atoms with Crippen LogP contribution in [0.15, 0.2) is 11.6 Å². The summed E-state index contributed by atoms with van der Waals surface area (Å²) in [6, 6.07) is -0.787. The molecular formula is C19H30N2O4. The van der Waals surface area contributed by atoms with E-state index in [1.54, 1.807) is 0 Å². The molecule has 4 amide bonds. The fourth-order valence-electron chi connectivity index (χ4n) is 3.11. The standard InChI is InChI=1S/C19H30N2O4/c1-12(2)6-7-14(10-19(5,11-22)9-8-13(3)4)15-16(23)20-18(25)21-17(15)24/h6,11,13-15H,7-10H2,1-5H3,(H2,20,21,23,24,25). The zero-order valence-corrected chi connectivity index (χ0v) is 15.8. The lowest BCUT2D eigenvalue weighted by molar-refractivity contribution is -0.139. The molecule has 25 heavy (non-hydrogen) atoms. The van der Waals surface area contributed by atoms with E-state index in [9.17, 15) is 19.2 Å². The zero-order chi connectivity index (χ0) is 19.2. The summed E-state index contributed by atoms with van der Waals surface area (Å²) in [4.78, 5) is 47.5. The average Bonchev–Trinajstić information content (AvgIpc) is 2.49. The number of amides is 4. The molecule has 0 saturated carbocycles. The Morgan fingerprint density at radius 2 is 1.72 bits per heavy atom. The number of carbonyl (C=O) groups excluding carboxylic acids is 4. The number of hydrogen-bond acceptors (Lipinski definition) is 4. The maximum absolute atomic E-state index is 12.2. The van der Waals surface area contributed by atoms with Gasteiger partial charge in [0.25, 0.3) is 0 Å². The fraction of sp³-hybridized carbons (Fsp3) is 0.684. The lowest BCUT2D eigenvalue weighted by atomic mass is 9.72. The Kier molecular flexibility index (Phi) is 7.52. The lowest BCUT2D eigenvalue weighted by Crippen LogP contribution is -2.58. The van der Waals surface area contributed by atoms with Gasteiger partial charge in [-0.15, -0.1) is 0 Å². The summed E-state index contributed by atoms with van der Waals surface area (Å²) in [5.41, 5.74) is 0.472. The van der Waals surface area contributed by atoms with E-state index < -0.39 is 29.2 Å². The second-order valence-electron chi connectivity index (χ2n) is 7.97. The maximum Gasteiger partial charge on any atom is 0.328 e. The Morgan fingerprint density at radius 3 is 2.16 bits per heavy atom. The van der Waals surface area contributed by atoms with Crippen molar-refractivity contribution >= 4 is 24.1 Å². The maximum atomic E-state index is 12.2. The van der Waals surface area contributed by atoms with Crippen molar-refractivity contribution in [2.45, 2.75) is 60.3 Å². The van der Waals surface area contributed by atoms with Crippen molar-refractivity contribution in [3.8, 4) is 0 Å². The van der Waals surface area contributed by atoms with Crippen molar-refractivity contribution in [3.05, 3.63) is 11.6 Å². The molecule has 1 aliphatic heterocycles. The predicted octanol–water partition coefficient (Wildman–Crippen LogP) is 2.97. The van der Waals surface area contributed by atoms with Crippen LogP contribution in [-0.2, 0) is 14.4 Å². The highest BCUT2D eigenvalue weighted by atomic mass is 16.2. The number of urea groups is 1. The quantitative estimate of drug-likeness (QED) is 0.380. The van der Waals surface area contributed by atoms with E-state index in [0.29, 0.717) is 25.2 Å². The van der Waals surface area contributed by atoms with E-state index >= 15 is 0 Å². The molecule has 140 valence electrons. The number of barbiturate groups is 1. The van der Waals surface area contributed by atoms with Gasteiger partial charge < -0.3 is 4.79 Å². The zero-order valence-electron chi connectivity index (χ0n) is 15.8. The number of allylic oxidation sites excluding steroid dienone is 2. The van der Waals surface area contributed by atoms with Crippen molar-refractivity contribution in [1.29, 1.82) is 0 Å². The summed E-state index contributed by atoms with van der Waals surface area (Å²) in [5.74, 6) is -2.01. The van der Waals surface area contributed by atoms with Crippen molar-refractivity contribution in [2.75, 3.05) is 0 Å². The third kappa shape index (κ3) is 6.44.